The molecule has 0 spiro atoms. The molecule has 0 fully saturated rings. The minimum Gasteiger partial charge on any atom is -0.328 e. The number of benzene rings is 2. The number of carbonyl (C=O) groups is 1. The lowest BCUT2D eigenvalue weighted by atomic mass is 9.73. The number of hydrogen-bond acceptors (Lipinski definition) is 4. The van der Waals surface area contributed by atoms with Crippen LogP contribution in [0, 0.1) is 12.3 Å². The Balaban J connectivity index is 1.69. The van der Waals surface area contributed by atoms with Gasteiger partial charge in [-0.05, 0) is 24.3 Å². The Morgan fingerprint density at radius 1 is 1.03 bits per heavy atom. The number of fused-ring (bicyclic) bond motifs is 1. The third kappa shape index (κ3) is 3.07. The molecule has 1 atom stereocenters. The summed E-state index contributed by atoms with van der Waals surface area (Å²) in [5.41, 5.74) is 4.95. The number of nitrogens with zero attached hydrogens (tertiary/aromatic N) is 3. The lowest BCUT2D eigenvalue weighted by molar-refractivity contribution is -0.118. The second-order valence-corrected chi connectivity index (χ2v) is 8.84. The fraction of sp³-hybridized carbons (Fsp3) is 0.292. The highest BCUT2D eigenvalue weighted by atomic mass is 16.1. The van der Waals surface area contributed by atoms with E-state index in [0.29, 0.717) is 18.2 Å². The molecule has 146 valence electrons. The molecule has 2 heterocycles. The Kier molecular flexibility index (Phi) is 3.95. The van der Waals surface area contributed by atoms with E-state index < -0.39 is 0 Å². The molecule has 1 aliphatic carbocycles. The van der Waals surface area contributed by atoms with Gasteiger partial charge >= 0.3 is 0 Å². The largest absolute Gasteiger partial charge is 0.328 e. The topological polar surface area (TPSA) is 59.8 Å². The van der Waals surface area contributed by atoms with Crippen LogP contribution in [0.4, 0.5) is 5.95 Å². The fourth-order valence-corrected chi connectivity index (χ4v) is 4.38. The standard InChI is InChI=1S/C24H24N4O/c1-15-9-11-16(12-10-15)21-20-18(13-24(2,3)14-19(20)29)25-23-26-22(27-28(21)23)17-7-5-4-6-8-17/h4-12,21H,13-14H2,1-3H3,(H,25,26,27). The highest BCUT2D eigenvalue weighted by Gasteiger charge is 2.41. The van der Waals surface area contributed by atoms with E-state index >= 15 is 0 Å². The molecule has 5 heteroatoms. The number of carbonyl (C=O) groups excluding carboxylic acids is 1. The Labute approximate surface area is 170 Å². The van der Waals surface area contributed by atoms with E-state index in [9.17, 15) is 4.79 Å². The van der Waals surface area contributed by atoms with Crippen molar-refractivity contribution in [2.24, 2.45) is 5.41 Å². The van der Waals surface area contributed by atoms with E-state index in [1.807, 2.05) is 35.0 Å². The normalized spacial score (nSPS) is 20.1. The lowest BCUT2D eigenvalue weighted by Crippen LogP contribution is -2.36. The van der Waals surface area contributed by atoms with Gasteiger partial charge in [-0.25, -0.2) is 4.68 Å². The average Bonchev–Trinajstić information content (AvgIpc) is 3.10. The maximum atomic E-state index is 13.2. The van der Waals surface area contributed by atoms with E-state index in [1.54, 1.807) is 0 Å². The zero-order valence-electron chi connectivity index (χ0n) is 16.9. The zero-order valence-corrected chi connectivity index (χ0v) is 16.9. The molecule has 5 nitrogen and oxygen atoms in total. The van der Waals surface area contributed by atoms with Crippen LogP contribution in [0.15, 0.2) is 65.9 Å². The van der Waals surface area contributed by atoms with Crippen LogP contribution in [0.1, 0.15) is 43.9 Å². The first kappa shape index (κ1) is 17.9. The molecule has 0 amide bonds. The number of aryl methyl sites for hydroxylation is 1. The van der Waals surface area contributed by atoms with Crippen LogP contribution in [0.25, 0.3) is 11.4 Å². The number of ketones is 1. The maximum Gasteiger partial charge on any atom is 0.226 e. The molecule has 0 saturated carbocycles. The molecule has 3 aromatic rings. The van der Waals surface area contributed by atoms with Crippen molar-refractivity contribution in [3.63, 3.8) is 0 Å². The first-order valence-corrected chi connectivity index (χ1v) is 10.0. The third-order valence-electron chi connectivity index (χ3n) is 5.76. The molecule has 5 rings (SSSR count). The Morgan fingerprint density at radius 2 is 1.76 bits per heavy atom. The number of allylic oxidation sites excluding steroid dienone is 2. The average molecular weight is 384 g/mol. The second-order valence-electron chi connectivity index (χ2n) is 8.84. The van der Waals surface area contributed by atoms with Gasteiger partial charge in [0.25, 0.3) is 0 Å². The number of hydrogen-bond donors (Lipinski definition) is 1. The molecule has 0 bridgehead atoms. The summed E-state index contributed by atoms with van der Waals surface area (Å²) < 4.78 is 1.88. The summed E-state index contributed by atoms with van der Waals surface area (Å²) in [6, 6.07) is 18.1. The van der Waals surface area contributed by atoms with Gasteiger partial charge in [0, 0.05) is 23.3 Å². The van der Waals surface area contributed by atoms with Crippen molar-refractivity contribution in [3.05, 3.63) is 77.0 Å². The van der Waals surface area contributed by atoms with Gasteiger partial charge in [-0.2, -0.15) is 4.98 Å². The molecular formula is C24H24N4O. The number of anilines is 1. The third-order valence-corrected chi connectivity index (χ3v) is 5.76. The van der Waals surface area contributed by atoms with Gasteiger partial charge in [-0.15, -0.1) is 5.10 Å². The number of nitrogens with one attached hydrogen (secondary N) is 1. The van der Waals surface area contributed by atoms with Gasteiger partial charge < -0.3 is 5.32 Å². The Hall–Kier alpha value is -3.21. The predicted octanol–water partition coefficient (Wildman–Crippen LogP) is 4.91. The van der Waals surface area contributed by atoms with Crippen molar-refractivity contribution in [1.29, 1.82) is 0 Å². The summed E-state index contributed by atoms with van der Waals surface area (Å²) >= 11 is 0. The van der Waals surface area contributed by atoms with Gasteiger partial charge in [0.15, 0.2) is 11.6 Å². The quantitative estimate of drug-likeness (QED) is 0.682. The van der Waals surface area contributed by atoms with Crippen molar-refractivity contribution in [2.45, 2.75) is 39.7 Å². The van der Waals surface area contributed by atoms with Crippen molar-refractivity contribution in [1.82, 2.24) is 14.8 Å². The monoisotopic (exact) mass is 384 g/mol. The SMILES string of the molecule is Cc1ccc(C2C3=C(CC(C)(C)CC3=O)Nc3nc(-c4ccccc4)nn32)cc1. The van der Waals surface area contributed by atoms with Crippen molar-refractivity contribution < 1.29 is 4.79 Å². The number of rotatable bonds is 2. The summed E-state index contributed by atoms with van der Waals surface area (Å²) in [4.78, 5) is 18.0. The van der Waals surface area contributed by atoms with Crippen LogP contribution < -0.4 is 5.32 Å². The van der Waals surface area contributed by atoms with E-state index in [1.165, 1.54) is 5.56 Å². The predicted molar refractivity (Wildman–Crippen MR) is 113 cm³/mol. The van der Waals surface area contributed by atoms with Crippen LogP contribution in [0.5, 0.6) is 0 Å². The van der Waals surface area contributed by atoms with E-state index in [4.69, 9.17) is 10.1 Å². The first-order chi connectivity index (χ1) is 13.9. The first-order valence-electron chi connectivity index (χ1n) is 10.0. The van der Waals surface area contributed by atoms with Crippen LogP contribution in [0.3, 0.4) is 0 Å². The summed E-state index contributed by atoms with van der Waals surface area (Å²) in [6.07, 6.45) is 1.37. The maximum absolute atomic E-state index is 13.2. The summed E-state index contributed by atoms with van der Waals surface area (Å²) in [5.74, 6) is 1.55. The van der Waals surface area contributed by atoms with Crippen molar-refractivity contribution in [3.8, 4) is 11.4 Å². The van der Waals surface area contributed by atoms with Crippen LogP contribution >= 0.6 is 0 Å². The van der Waals surface area contributed by atoms with E-state index in [2.05, 4.69) is 50.4 Å². The molecule has 1 aliphatic heterocycles. The molecule has 0 radical (unpaired) electrons. The molecule has 1 unspecified atom stereocenters. The fourth-order valence-electron chi connectivity index (χ4n) is 4.38. The van der Waals surface area contributed by atoms with E-state index in [0.717, 1.165) is 28.8 Å². The summed E-state index contributed by atoms with van der Waals surface area (Å²) in [6.45, 7) is 6.36. The number of Topliss-reactive ketones (excluding diaryl/α,β-unsaturated/α-hetero) is 1. The molecule has 2 aromatic carbocycles. The Morgan fingerprint density at radius 3 is 2.48 bits per heavy atom. The lowest BCUT2D eigenvalue weighted by Gasteiger charge is -2.38. The Bertz CT molecular complexity index is 1120. The van der Waals surface area contributed by atoms with Crippen LogP contribution in [-0.2, 0) is 4.79 Å². The zero-order chi connectivity index (χ0) is 20.2. The molecular weight excluding hydrogens is 360 g/mol. The van der Waals surface area contributed by atoms with Crippen LogP contribution in [-0.4, -0.2) is 20.5 Å². The van der Waals surface area contributed by atoms with Gasteiger partial charge in [-0.3, -0.25) is 4.79 Å². The highest BCUT2D eigenvalue weighted by Crippen LogP contribution is 2.45. The van der Waals surface area contributed by atoms with Crippen LogP contribution in [0.2, 0.25) is 0 Å². The minimum absolute atomic E-state index is 0.0643. The van der Waals surface area contributed by atoms with E-state index in [-0.39, 0.29) is 17.2 Å². The van der Waals surface area contributed by atoms with Gasteiger partial charge in [0.05, 0.1) is 0 Å². The number of aromatic nitrogens is 3. The summed E-state index contributed by atoms with van der Waals surface area (Å²) in [7, 11) is 0. The van der Waals surface area contributed by atoms with Crippen molar-refractivity contribution >= 4 is 11.7 Å². The summed E-state index contributed by atoms with van der Waals surface area (Å²) in [5, 5.41) is 8.25. The molecule has 2 aliphatic rings. The molecule has 29 heavy (non-hydrogen) atoms. The highest BCUT2D eigenvalue weighted by molar-refractivity contribution is 6.00. The minimum atomic E-state index is -0.254. The van der Waals surface area contributed by atoms with Crippen molar-refractivity contribution in [2.75, 3.05) is 5.32 Å². The van der Waals surface area contributed by atoms with Gasteiger partial charge in [-0.1, -0.05) is 74.0 Å². The molecule has 1 N–H and O–H groups in total. The van der Waals surface area contributed by atoms with Gasteiger partial charge in [0.2, 0.25) is 5.95 Å². The smallest absolute Gasteiger partial charge is 0.226 e. The molecule has 1 aromatic heterocycles. The van der Waals surface area contributed by atoms with Gasteiger partial charge in [0.1, 0.15) is 6.04 Å². The second kappa shape index (κ2) is 6.41. The molecule has 0 saturated heterocycles.